The van der Waals surface area contributed by atoms with Gasteiger partial charge in [-0.05, 0) is 18.9 Å². The number of carbonyl (C=O) groups is 1. The molecule has 2 aromatic rings. The minimum atomic E-state index is -0.123. The molecule has 0 atom stereocenters. The molecule has 1 amide bonds. The van der Waals surface area contributed by atoms with Crippen molar-refractivity contribution in [2.75, 3.05) is 25.5 Å². The standard InChI is InChI=1S/C15H21N3O2S/c1-2-3-8-20-9-4-6-18-15(19)14-13(16)11-5-7-17-10-12(11)21-14/h5,7,10H,2-4,6,8-9,16H2,1H3,(H,18,19). The van der Waals surface area contributed by atoms with Crippen molar-refractivity contribution in [2.24, 2.45) is 0 Å². The number of unbranched alkanes of at least 4 members (excludes halogenated alkanes) is 1. The molecule has 0 aliphatic heterocycles. The van der Waals surface area contributed by atoms with Gasteiger partial charge < -0.3 is 15.8 Å². The average molecular weight is 307 g/mol. The van der Waals surface area contributed by atoms with E-state index in [1.54, 1.807) is 12.4 Å². The summed E-state index contributed by atoms with van der Waals surface area (Å²) in [5.41, 5.74) is 6.56. The van der Waals surface area contributed by atoms with E-state index in [0.29, 0.717) is 23.7 Å². The maximum absolute atomic E-state index is 12.1. The van der Waals surface area contributed by atoms with Crippen LogP contribution >= 0.6 is 11.3 Å². The van der Waals surface area contributed by atoms with Crippen molar-refractivity contribution >= 4 is 33.0 Å². The first-order valence-electron chi connectivity index (χ1n) is 7.22. The van der Waals surface area contributed by atoms with E-state index in [1.807, 2.05) is 6.07 Å². The SMILES string of the molecule is CCCCOCCCNC(=O)c1sc2cnccc2c1N. The summed E-state index contributed by atoms with van der Waals surface area (Å²) in [5, 5.41) is 3.77. The van der Waals surface area contributed by atoms with Crippen LogP contribution in [0.25, 0.3) is 10.1 Å². The largest absolute Gasteiger partial charge is 0.397 e. The summed E-state index contributed by atoms with van der Waals surface area (Å²) in [7, 11) is 0. The minimum absolute atomic E-state index is 0.123. The Hall–Kier alpha value is -1.66. The second-order valence-electron chi connectivity index (χ2n) is 4.79. The average Bonchev–Trinajstić information content (AvgIpc) is 2.84. The number of fused-ring (bicyclic) bond motifs is 1. The van der Waals surface area contributed by atoms with Crippen molar-refractivity contribution in [3.8, 4) is 0 Å². The number of hydrogen-bond acceptors (Lipinski definition) is 5. The van der Waals surface area contributed by atoms with Crippen molar-refractivity contribution in [3.05, 3.63) is 23.3 Å². The number of nitrogens with one attached hydrogen (secondary N) is 1. The summed E-state index contributed by atoms with van der Waals surface area (Å²) < 4.78 is 6.39. The molecule has 0 radical (unpaired) electrons. The number of ether oxygens (including phenoxy) is 1. The number of thiophene rings is 1. The number of pyridine rings is 1. The lowest BCUT2D eigenvalue weighted by Crippen LogP contribution is -2.25. The van der Waals surface area contributed by atoms with Gasteiger partial charge in [0.15, 0.2) is 0 Å². The molecule has 3 N–H and O–H groups in total. The molecule has 114 valence electrons. The Labute approximate surface area is 128 Å². The molecule has 5 nitrogen and oxygen atoms in total. The van der Waals surface area contributed by atoms with Gasteiger partial charge >= 0.3 is 0 Å². The number of anilines is 1. The number of aromatic nitrogens is 1. The quantitative estimate of drug-likeness (QED) is 0.735. The molecule has 2 heterocycles. The predicted molar refractivity (Wildman–Crippen MR) is 86.7 cm³/mol. The van der Waals surface area contributed by atoms with E-state index >= 15 is 0 Å². The van der Waals surface area contributed by atoms with Crippen LogP contribution in [-0.2, 0) is 4.74 Å². The van der Waals surface area contributed by atoms with E-state index in [4.69, 9.17) is 10.5 Å². The Bertz CT molecular complexity index is 598. The van der Waals surface area contributed by atoms with Gasteiger partial charge in [0.25, 0.3) is 5.91 Å². The zero-order valence-electron chi connectivity index (χ0n) is 12.2. The monoisotopic (exact) mass is 307 g/mol. The van der Waals surface area contributed by atoms with E-state index in [2.05, 4.69) is 17.2 Å². The third-order valence-electron chi connectivity index (χ3n) is 3.13. The summed E-state index contributed by atoms with van der Waals surface area (Å²) >= 11 is 1.38. The fourth-order valence-electron chi connectivity index (χ4n) is 1.94. The molecule has 0 bridgehead atoms. The number of nitrogens with zero attached hydrogens (tertiary/aromatic N) is 1. The molecule has 2 aromatic heterocycles. The highest BCUT2D eigenvalue weighted by molar-refractivity contribution is 7.21. The molecule has 0 fully saturated rings. The molecule has 0 unspecified atom stereocenters. The highest BCUT2D eigenvalue weighted by Crippen LogP contribution is 2.32. The Morgan fingerprint density at radius 3 is 3.00 bits per heavy atom. The summed E-state index contributed by atoms with van der Waals surface area (Å²) in [6.45, 7) is 4.19. The first kappa shape index (κ1) is 15.7. The van der Waals surface area contributed by atoms with Gasteiger partial charge in [-0.15, -0.1) is 11.3 Å². The topological polar surface area (TPSA) is 77.2 Å². The third kappa shape index (κ3) is 4.15. The highest BCUT2D eigenvalue weighted by Gasteiger charge is 2.15. The van der Waals surface area contributed by atoms with Crippen molar-refractivity contribution in [1.82, 2.24) is 10.3 Å². The number of amides is 1. The van der Waals surface area contributed by atoms with E-state index in [-0.39, 0.29) is 5.91 Å². The van der Waals surface area contributed by atoms with Crippen LogP contribution in [0.5, 0.6) is 0 Å². The second-order valence-corrected chi connectivity index (χ2v) is 5.84. The van der Waals surface area contributed by atoms with Crippen LogP contribution in [0, 0.1) is 0 Å². The van der Waals surface area contributed by atoms with Crippen LogP contribution in [0.15, 0.2) is 18.5 Å². The minimum Gasteiger partial charge on any atom is -0.397 e. The maximum Gasteiger partial charge on any atom is 0.263 e. The van der Waals surface area contributed by atoms with Crippen molar-refractivity contribution < 1.29 is 9.53 Å². The first-order chi connectivity index (χ1) is 10.2. The Morgan fingerprint density at radius 1 is 1.43 bits per heavy atom. The molecule has 0 saturated heterocycles. The summed E-state index contributed by atoms with van der Waals surface area (Å²) in [6.07, 6.45) is 6.44. The van der Waals surface area contributed by atoms with Gasteiger partial charge in [0.2, 0.25) is 0 Å². The molecule has 0 spiro atoms. The van der Waals surface area contributed by atoms with Gasteiger partial charge in [0.1, 0.15) is 4.88 Å². The normalized spacial score (nSPS) is 10.9. The molecule has 0 aliphatic rings. The van der Waals surface area contributed by atoms with Crippen LogP contribution in [0.1, 0.15) is 35.9 Å². The number of rotatable bonds is 8. The van der Waals surface area contributed by atoms with Gasteiger partial charge in [0.05, 0.1) is 10.4 Å². The third-order valence-corrected chi connectivity index (χ3v) is 4.29. The van der Waals surface area contributed by atoms with E-state index < -0.39 is 0 Å². The zero-order chi connectivity index (χ0) is 15.1. The van der Waals surface area contributed by atoms with Crippen molar-refractivity contribution in [1.29, 1.82) is 0 Å². The molecule has 21 heavy (non-hydrogen) atoms. The smallest absolute Gasteiger partial charge is 0.263 e. The van der Waals surface area contributed by atoms with Gasteiger partial charge in [-0.1, -0.05) is 13.3 Å². The molecule has 0 saturated carbocycles. The van der Waals surface area contributed by atoms with Gasteiger partial charge in [-0.2, -0.15) is 0 Å². The van der Waals surface area contributed by atoms with E-state index in [9.17, 15) is 4.79 Å². The van der Waals surface area contributed by atoms with E-state index in [0.717, 1.165) is 36.0 Å². The lowest BCUT2D eigenvalue weighted by molar-refractivity contribution is 0.0945. The lowest BCUT2D eigenvalue weighted by Gasteiger charge is -2.05. The van der Waals surface area contributed by atoms with Crippen LogP contribution in [0.3, 0.4) is 0 Å². The Morgan fingerprint density at radius 2 is 2.24 bits per heavy atom. The molecule has 2 rings (SSSR count). The second kappa shape index (κ2) is 7.95. The Kier molecular flexibility index (Phi) is 5.95. The van der Waals surface area contributed by atoms with Crippen LogP contribution in [-0.4, -0.2) is 30.6 Å². The number of nitrogens with two attached hydrogens (primary N) is 1. The highest BCUT2D eigenvalue weighted by atomic mass is 32.1. The fourth-order valence-corrected chi connectivity index (χ4v) is 2.95. The van der Waals surface area contributed by atoms with Crippen LogP contribution < -0.4 is 11.1 Å². The van der Waals surface area contributed by atoms with Crippen LogP contribution in [0.4, 0.5) is 5.69 Å². The number of hydrogen-bond donors (Lipinski definition) is 2. The van der Waals surface area contributed by atoms with Gasteiger partial charge in [-0.3, -0.25) is 9.78 Å². The zero-order valence-corrected chi connectivity index (χ0v) is 13.0. The number of carbonyl (C=O) groups excluding carboxylic acids is 1. The van der Waals surface area contributed by atoms with Crippen molar-refractivity contribution in [2.45, 2.75) is 26.2 Å². The summed E-state index contributed by atoms with van der Waals surface area (Å²) in [6, 6.07) is 1.83. The number of nitrogen functional groups attached to an aromatic ring is 1. The van der Waals surface area contributed by atoms with Gasteiger partial charge in [-0.25, -0.2) is 0 Å². The molecule has 0 aliphatic carbocycles. The summed E-state index contributed by atoms with van der Waals surface area (Å²) in [5.74, 6) is -0.123. The molecule has 6 heteroatoms. The lowest BCUT2D eigenvalue weighted by atomic mass is 10.2. The first-order valence-corrected chi connectivity index (χ1v) is 8.03. The van der Waals surface area contributed by atoms with Crippen molar-refractivity contribution in [3.63, 3.8) is 0 Å². The molecule has 0 aromatic carbocycles. The maximum atomic E-state index is 12.1. The van der Waals surface area contributed by atoms with E-state index in [1.165, 1.54) is 11.3 Å². The van der Waals surface area contributed by atoms with Gasteiger partial charge in [0, 0.05) is 37.5 Å². The summed E-state index contributed by atoms with van der Waals surface area (Å²) in [4.78, 5) is 16.7. The Balaban J connectivity index is 1.81. The molecular formula is C15H21N3O2S. The predicted octanol–water partition coefficient (Wildman–Crippen LogP) is 2.82. The van der Waals surface area contributed by atoms with Crippen LogP contribution in [0.2, 0.25) is 0 Å². The molecular weight excluding hydrogens is 286 g/mol. The fraction of sp³-hybridized carbons (Fsp3) is 0.467.